The van der Waals surface area contributed by atoms with Crippen LogP contribution in [0.5, 0.6) is 0 Å². The van der Waals surface area contributed by atoms with E-state index in [9.17, 15) is 0 Å². The summed E-state index contributed by atoms with van der Waals surface area (Å²) < 4.78 is 31.6. The summed E-state index contributed by atoms with van der Waals surface area (Å²) in [5.41, 5.74) is 0. The fraction of sp³-hybridized carbons (Fsp3) is 1.00. The molecule has 0 amide bonds. The van der Waals surface area contributed by atoms with Crippen LogP contribution >= 0.6 is 0 Å². The first kappa shape index (κ1) is 19.2. The van der Waals surface area contributed by atoms with E-state index in [4.69, 9.17) is 17.5 Å². The molecule has 0 aliphatic heterocycles. The smallest absolute Gasteiger partial charge is 0.304 e. The van der Waals surface area contributed by atoms with Gasteiger partial charge in [-0.3, -0.25) is 9.11 Å². The Labute approximate surface area is 95.6 Å². The first-order valence-electron chi connectivity index (χ1n) is 3.77. The molecule has 0 bridgehead atoms. The number of hydrogen-bond donors (Lipinski definition) is 2. The van der Waals surface area contributed by atoms with Crippen molar-refractivity contribution in [2.75, 3.05) is 19.6 Å². The average molecular weight is 307 g/mol. The van der Waals surface area contributed by atoms with Gasteiger partial charge in [0.2, 0.25) is 0 Å². The molecule has 2 N–H and O–H groups in total. The van der Waals surface area contributed by atoms with Crippen molar-refractivity contribution in [2.24, 2.45) is 0 Å². The normalized spacial score (nSPS) is 10.0. The van der Waals surface area contributed by atoms with Gasteiger partial charge in [0.25, 0.3) is 0 Å². The summed E-state index contributed by atoms with van der Waals surface area (Å²) in [5.74, 6) is 0. The molecule has 0 atom stereocenters. The predicted molar refractivity (Wildman–Crippen MR) is 47.6 cm³/mol. The van der Waals surface area contributed by atoms with E-state index in [1.807, 2.05) is 0 Å². The molecule has 0 unspecified atom stereocenters. The van der Waals surface area contributed by atoms with Crippen LogP contribution in [-0.2, 0) is 32.8 Å². The van der Waals surface area contributed by atoms with Crippen molar-refractivity contribution in [3.8, 4) is 0 Å². The zero-order valence-corrected chi connectivity index (χ0v) is 10.3. The fourth-order valence-corrected chi connectivity index (χ4v) is 0.671. The molecule has 5 nitrogen and oxygen atoms in total. The fourth-order valence-electron chi connectivity index (χ4n) is 0.671. The summed E-state index contributed by atoms with van der Waals surface area (Å²) in [7, 11) is -4.67. The van der Waals surface area contributed by atoms with E-state index >= 15 is 0 Å². The zero-order valence-electron chi connectivity index (χ0n) is 7.99. The Balaban J connectivity index is -0.000000150. The van der Waals surface area contributed by atoms with Gasteiger partial charge in [0.15, 0.2) is 0 Å². The average Bonchev–Trinajstić information content (AvgIpc) is 1.88. The van der Waals surface area contributed by atoms with Gasteiger partial charge in [-0.1, -0.05) is 20.8 Å². The minimum absolute atomic E-state index is 0. The van der Waals surface area contributed by atoms with Crippen LogP contribution in [0.15, 0.2) is 0 Å². The third kappa shape index (κ3) is 32.5. The molecule has 7 heteroatoms. The van der Waals surface area contributed by atoms with Crippen molar-refractivity contribution in [1.29, 1.82) is 0 Å². The third-order valence-corrected chi connectivity index (χ3v) is 1.34. The molecule has 13 heavy (non-hydrogen) atoms. The Morgan fingerprint density at radius 3 is 1.15 bits per heavy atom. The van der Waals surface area contributed by atoms with Crippen LogP contribution in [0.2, 0.25) is 0 Å². The molecule has 0 fully saturated rings. The summed E-state index contributed by atoms with van der Waals surface area (Å²) in [6, 6.07) is 0. The zero-order chi connectivity index (χ0) is 10.2. The van der Waals surface area contributed by atoms with Crippen LogP contribution in [0, 0.1) is 0 Å². The van der Waals surface area contributed by atoms with Crippen LogP contribution in [0.25, 0.3) is 0 Å². The van der Waals surface area contributed by atoms with E-state index < -0.39 is 10.4 Å². The molecular weight excluding hydrogens is 290 g/mol. The molecule has 0 saturated heterocycles. The summed E-state index contributed by atoms with van der Waals surface area (Å²) in [4.78, 5) is 2.38. The van der Waals surface area contributed by atoms with Gasteiger partial charge < -0.3 is 4.90 Å². The summed E-state index contributed by atoms with van der Waals surface area (Å²) in [6.45, 7) is 10.1. The molecule has 0 spiro atoms. The monoisotopic (exact) mass is 306 g/mol. The molecule has 0 aromatic carbocycles. The van der Waals surface area contributed by atoms with E-state index in [-0.39, 0.29) is 22.4 Å². The third-order valence-electron chi connectivity index (χ3n) is 1.34. The van der Waals surface area contributed by atoms with Gasteiger partial charge in [0, 0.05) is 22.4 Å². The summed E-state index contributed by atoms with van der Waals surface area (Å²) >= 11 is 0. The van der Waals surface area contributed by atoms with E-state index in [0.717, 1.165) is 0 Å². The first-order valence-corrected chi connectivity index (χ1v) is 5.17. The van der Waals surface area contributed by atoms with Gasteiger partial charge in [-0.25, -0.2) is 0 Å². The molecule has 0 saturated carbocycles. The second-order valence-electron chi connectivity index (χ2n) is 2.07. The quantitative estimate of drug-likeness (QED) is 0.592. The van der Waals surface area contributed by atoms with Crippen LogP contribution in [0.3, 0.4) is 0 Å². The van der Waals surface area contributed by atoms with Crippen LogP contribution in [0.1, 0.15) is 20.8 Å². The molecule has 0 heterocycles. The topological polar surface area (TPSA) is 77.8 Å². The van der Waals surface area contributed by atoms with Crippen LogP contribution in [0.4, 0.5) is 0 Å². The van der Waals surface area contributed by atoms with Gasteiger partial charge in [-0.15, -0.1) is 0 Å². The van der Waals surface area contributed by atoms with Crippen molar-refractivity contribution in [3.05, 3.63) is 0 Å². The second kappa shape index (κ2) is 10.6. The maximum atomic E-state index is 8.74. The van der Waals surface area contributed by atoms with E-state index in [1.165, 1.54) is 19.6 Å². The molecule has 0 aromatic rings. The maximum Gasteiger partial charge on any atom is 0.394 e. The molecule has 0 rings (SSSR count). The predicted octanol–water partition coefficient (Wildman–Crippen LogP) is 0.693. The molecule has 0 aromatic heterocycles. The Morgan fingerprint density at radius 1 is 1.00 bits per heavy atom. The first-order chi connectivity index (χ1) is 5.35. The molecule has 0 aliphatic carbocycles. The van der Waals surface area contributed by atoms with Gasteiger partial charge in [-0.2, -0.15) is 8.42 Å². The van der Waals surface area contributed by atoms with Crippen molar-refractivity contribution in [3.63, 3.8) is 0 Å². The Kier molecular flexibility index (Phi) is 15.7. The molecule has 0 aliphatic rings. The Bertz CT molecular complexity index is 166. The van der Waals surface area contributed by atoms with E-state index in [2.05, 4.69) is 25.7 Å². The number of rotatable bonds is 3. The summed E-state index contributed by atoms with van der Waals surface area (Å²) in [5, 5.41) is 0. The van der Waals surface area contributed by atoms with Gasteiger partial charge >= 0.3 is 10.4 Å². The van der Waals surface area contributed by atoms with Crippen LogP contribution in [-0.4, -0.2) is 42.1 Å². The second-order valence-corrected chi connectivity index (χ2v) is 2.96. The minimum atomic E-state index is -4.67. The van der Waals surface area contributed by atoms with E-state index in [0.29, 0.717) is 0 Å². The number of hydrogen-bond acceptors (Lipinski definition) is 3. The van der Waals surface area contributed by atoms with Crippen molar-refractivity contribution >= 4 is 10.4 Å². The molecule has 87 valence electrons. The van der Waals surface area contributed by atoms with Crippen molar-refractivity contribution in [1.82, 2.24) is 4.90 Å². The van der Waals surface area contributed by atoms with Crippen molar-refractivity contribution < 1.29 is 39.9 Å². The largest absolute Gasteiger partial charge is 0.394 e. The van der Waals surface area contributed by atoms with Crippen LogP contribution < -0.4 is 0 Å². The summed E-state index contributed by atoms with van der Waals surface area (Å²) in [6.07, 6.45) is 0. The molecular formula is C6H17AgNO4S. The van der Waals surface area contributed by atoms with E-state index in [1.54, 1.807) is 0 Å². The Hall–Kier alpha value is 0.570. The SMILES string of the molecule is CCN(CC)CC.O=S(=O)(O)O.[Ag]. The maximum absolute atomic E-state index is 8.74. The molecule has 1 radical (unpaired) electrons. The van der Waals surface area contributed by atoms with Gasteiger partial charge in [-0.05, 0) is 19.6 Å². The minimum Gasteiger partial charge on any atom is -0.304 e. The van der Waals surface area contributed by atoms with Gasteiger partial charge in [0.05, 0.1) is 0 Å². The number of nitrogens with zero attached hydrogens (tertiary/aromatic N) is 1. The van der Waals surface area contributed by atoms with Crippen molar-refractivity contribution in [2.45, 2.75) is 20.8 Å². The van der Waals surface area contributed by atoms with Gasteiger partial charge in [0.1, 0.15) is 0 Å². The Morgan fingerprint density at radius 2 is 1.15 bits per heavy atom. The standard InChI is InChI=1S/C6H15N.Ag.H2O4S/c1-4-7(5-2)6-3;;1-5(2,3)4/h4-6H2,1-3H3;;(H2,1,2,3,4).